The molecule has 2 aromatic heterocycles. The molecule has 0 amide bonds. The van der Waals surface area contributed by atoms with E-state index in [1.165, 1.54) is 29.5 Å². The van der Waals surface area contributed by atoms with Crippen molar-refractivity contribution in [2.75, 3.05) is 0 Å². The van der Waals surface area contributed by atoms with Crippen molar-refractivity contribution in [3.05, 3.63) is 107 Å². The van der Waals surface area contributed by atoms with Crippen molar-refractivity contribution < 1.29 is 4.92 Å². The summed E-state index contributed by atoms with van der Waals surface area (Å²) in [6.07, 6.45) is 0. The smallest absolute Gasteiger partial charge is 0.258 e. The minimum Gasteiger partial charge on any atom is -0.258 e. The van der Waals surface area contributed by atoms with Gasteiger partial charge in [0.15, 0.2) is 5.65 Å². The molecular weight excluding hydrogens is 422 g/mol. The third kappa shape index (κ3) is 4.08. The summed E-state index contributed by atoms with van der Waals surface area (Å²) in [5.41, 5.74) is 5.87. The molecule has 0 saturated carbocycles. The first kappa shape index (κ1) is 19.9. The highest BCUT2D eigenvalue weighted by molar-refractivity contribution is 7.98. The Morgan fingerprint density at radius 2 is 1.47 bits per heavy atom. The van der Waals surface area contributed by atoms with Crippen LogP contribution in [-0.2, 0) is 5.75 Å². The standard InChI is InChI=1S/C24H17N5O2S/c30-29(31)21-12-6-17(7-13-21)16-32-24-26-25-23-15-14-22(27-28(23)24)20-10-8-19(9-11-20)18-4-2-1-3-5-18/h1-15H,16H2. The van der Waals surface area contributed by atoms with Crippen molar-refractivity contribution in [2.45, 2.75) is 10.9 Å². The minimum absolute atomic E-state index is 0.0799. The molecule has 0 aliphatic heterocycles. The average Bonchev–Trinajstić information content (AvgIpc) is 3.26. The molecule has 2 heterocycles. The molecule has 0 bridgehead atoms. The Labute approximate surface area is 187 Å². The number of rotatable bonds is 6. The normalized spacial score (nSPS) is 11.0. The topological polar surface area (TPSA) is 86.2 Å². The van der Waals surface area contributed by atoms with Gasteiger partial charge in [-0.05, 0) is 28.8 Å². The summed E-state index contributed by atoms with van der Waals surface area (Å²) in [5, 5.41) is 24.7. The number of fused-ring (bicyclic) bond motifs is 1. The summed E-state index contributed by atoms with van der Waals surface area (Å²) in [6, 6.07) is 28.9. The summed E-state index contributed by atoms with van der Waals surface area (Å²) < 4.78 is 1.73. The number of hydrogen-bond acceptors (Lipinski definition) is 6. The Morgan fingerprint density at radius 1 is 0.781 bits per heavy atom. The third-order valence-corrected chi connectivity index (χ3v) is 6.03. The van der Waals surface area contributed by atoms with E-state index in [-0.39, 0.29) is 5.69 Å². The number of hydrogen-bond donors (Lipinski definition) is 0. The number of nitro groups is 1. The number of thioether (sulfide) groups is 1. The van der Waals surface area contributed by atoms with Crippen molar-refractivity contribution in [3.63, 3.8) is 0 Å². The molecule has 0 aliphatic carbocycles. The zero-order chi connectivity index (χ0) is 21.9. The van der Waals surface area contributed by atoms with Gasteiger partial charge < -0.3 is 0 Å². The Hall–Kier alpha value is -4.04. The fourth-order valence-corrected chi connectivity index (χ4v) is 4.18. The predicted molar refractivity (Wildman–Crippen MR) is 124 cm³/mol. The molecule has 8 heteroatoms. The van der Waals surface area contributed by atoms with Gasteiger partial charge in [0.1, 0.15) is 0 Å². The van der Waals surface area contributed by atoms with Gasteiger partial charge in [0, 0.05) is 23.4 Å². The van der Waals surface area contributed by atoms with Gasteiger partial charge in [-0.15, -0.1) is 10.2 Å². The highest BCUT2D eigenvalue weighted by Gasteiger charge is 2.11. The van der Waals surface area contributed by atoms with Gasteiger partial charge in [-0.1, -0.05) is 78.5 Å². The first-order valence-electron chi connectivity index (χ1n) is 9.92. The van der Waals surface area contributed by atoms with Crippen LogP contribution < -0.4 is 0 Å². The zero-order valence-electron chi connectivity index (χ0n) is 16.8. The van der Waals surface area contributed by atoms with Crippen LogP contribution in [0.25, 0.3) is 28.0 Å². The summed E-state index contributed by atoms with van der Waals surface area (Å²) in [7, 11) is 0. The van der Waals surface area contributed by atoms with E-state index in [1.54, 1.807) is 16.6 Å². The second-order valence-corrected chi connectivity index (χ2v) is 8.07. The molecule has 0 fully saturated rings. The van der Waals surface area contributed by atoms with Gasteiger partial charge in [0.05, 0.1) is 10.6 Å². The van der Waals surface area contributed by atoms with Crippen LogP contribution >= 0.6 is 11.8 Å². The monoisotopic (exact) mass is 439 g/mol. The highest BCUT2D eigenvalue weighted by Crippen LogP contribution is 2.26. The number of aromatic nitrogens is 4. The molecule has 7 nitrogen and oxygen atoms in total. The molecule has 3 aromatic carbocycles. The van der Waals surface area contributed by atoms with E-state index in [4.69, 9.17) is 5.10 Å². The SMILES string of the molecule is O=[N+]([O-])c1ccc(CSc2nnc3ccc(-c4ccc(-c5ccccc5)cc4)nn23)cc1. The van der Waals surface area contributed by atoms with Crippen LogP contribution in [0.5, 0.6) is 0 Å². The second kappa shape index (κ2) is 8.60. The minimum atomic E-state index is -0.402. The second-order valence-electron chi connectivity index (χ2n) is 7.13. The van der Waals surface area contributed by atoms with Crippen molar-refractivity contribution in [3.8, 4) is 22.4 Å². The molecule has 5 rings (SSSR count). The Balaban J connectivity index is 1.37. The molecule has 0 aliphatic rings. The van der Waals surface area contributed by atoms with Crippen LogP contribution in [0.2, 0.25) is 0 Å². The van der Waals surface area contributed by atoms with Crippen molar-refractivity contribution in [1.82, 2.24) is 19.8 Å². The molecule has 0 saturated heterocycles. The first-order valence-corrected chi connectivity index (χ1v) is 10.9. The maximum absolute atomic E-state index is 10.8. The quantitative estimate of drug-likeness (QED) is 0.193. The van der Waals surface area contributed by atoms with E-state index >= 15 is 0 Å². The fraction of sp³-hybridized carbons (Fsp3) is 0.0417. The van der Waals surface area contributed by atoms with Crippen molar-refractivity contribution >= 4 is 23.1 Å². The lowest BCUT2D eigenvalue weighted by atomic mass is 10.0. The van der Waals surface area contributed by atoms with Crippen LogP contribution in [0.15, 0.2) is 96.2 Å². The van der Waals surface area contributed by atoms with E-state index in [2.05, 4.69) is 46.6 Å². The molecule has 32 heavy (non-hydrogen) atoms. The largest absolute Gasteiger partial charge is 0.269 e. The van der Waals surface area contributed by atoms with Gasteiger partial charge in [0.2, 0.25) is 5.16 Å². The fourth-order valence-electron chi connectivity index (χ4n) is 3.34. The summed E-state index contributed by atoms with van der Waals surface area (Å²) in [4.78, 5) is 10.4. The van der Waals surface area contributed by atoms with E-state index in [9.17, 15) is 10.1 Å². The molecule has 0 N–H and O–H groups in total. The number of benzene rings is 3. The number of nitrogens with zero attached hydrogens (tertiary/aromatic N) is 5. The van der Waals surface area contributed by atoms with E-state index < -0.39 is 4.92 Å². The maximum Gasteiger partial charge on any atom is 0.269 e. The van der Waals surface area contributed by atoms with Gasteiger partial charge in [-0.3, -0.25) is 10.1 Å². The Kier molecular flexibility index (Phi) is 5.35. The molecular formula is C24H17N5O2S. The van der Waals surface area contributed by atoms with Crippen LogP contribution in [0.1, 0.15) is 5.56 Å². The van der Waals surface area contributed by atoms with Gasteiger partial charge in [-0.2, -0.15) is 9.61 Å². The van der Waals surface area contributed by atoms with E-state index in [0.29, 0.717) is 16.6 Å². The van der Waals surface area contributed by atoms with Gasteiger partial charge in [-0.25, -0.2) is 0 Å². The van der Waals surface area contributed by atoms with Gasteiger partial charge in [0.25, 0.3) is 5.69 Å². The van der Waals surface area contributed by atoms with Gasteiger partial charge >= 0.3 is 0 Å². The lowest BCUT2D eigenvalue weighted by Gasteiger charge is -2.06. The average molecular weight is 440 g/mol. The van der Waals surface area contributed by atoms with Crippen LogP contribution in [0.4, 0.5) is 5.69 Å². The maximum atomic E-state index is 10.8. The molecule has 0 radical (unpaired) electrons. The summed E-state index contributed by atoms with van der Waals surface area (Å²) in [5.74, 6) is 0.608. The molecule has 0 unspecified atom stereocenters. The molecule has 5 aromatic rings. The predicted octanol–water partition coefficient (Wildman–Crippen LogP) is 5.66. The summed E-state index contributed by atoms with van der Waals surface area (Å²) >= 11 is 1.48. The van der Waals surface area contributed by atoms with E-state index in [1.807, 2.05) is 30.3 Å². The van der Waals surface area contributed by atoms with Crippen LogP contribution in [0.3, 0.4) is 0 Å². The van der Waals surface area contributed by atoms with Crippen LogP contribution in [0, 0.1) is 10.1 Å². The van der Waals surface area contributed by atoms with E-state index in [0.717, 1.165) is 22.4 Å². The Bertz CT molecular complexity index is 1380. The van der Waals surface area contributed by atoms with Crippen LogP contribution in [-0.4, -0.2) is 24.7 Å². The lowest BCUT2D eigenvalue weighted by molar-refractivity contribution is -0.384. The number of nitro benzene ring substituents is 1. The molecule has 156 valence electrons. The lowest BCUT2D eigenvalue weighted by Crippen LogP contribution is -1.96. The third-order valence-electron chi connectivity index (χ3n) is 5.04. The van der Waals surface area contributed by atoms with Crippen molar-refractivity contribution in [1.29, 1.82) is 0 Å². The Morgan fingerprint density at radius 3 is 2.19 bits per heavy atom. The zero-order valence-corrected chi connectivity index (χ0v) is 17.6. The summed E-state index contributed by atoms with van der Waals surface area (Å²) in [6.45, 7) is 0. The number of non-ortho nitro benzene ring substituents is 1. The highest BCUT2D eigenvalue weighted by atomic mass is 32.2. The molecule has 0 atom stereocenters. The first-order chi connectivity index (χ1) is 15.7. The van der Waals surface area contributed by atoms with Crippen molar-refractivity contribution in [2.24, 2.45) is 0 Å². The molecule has 0 spiro atoms.